The molecule has 2 heterocycles. The Balaban J connectivity index is 1.63. The van der Waals surface area contributed by atoms with Gasteiger partial charge < -0.3 is 5.32 Å². The van der Waals surface area contributed by atoms with Crippen molar-refractivity contribution >= 4 is 11.3 Å². The largest absolute Gasteiger partial charge is 0.313 e. The summed E-state index contributed by atoms with van der Waals surface area (Å²) < 4.78 is 0. The van der Waals surface area contributed by atoms with E-state index in [0.29, 0.717) is 0 Å². The van der Waals surface area contributed by atoms with Crippen LogP contribution in [0.4, 0.5) is 0 Å². The lowest BCUT2D eigenvalue weighted by molar-refractivity contribution is 0.247. The molecule has 1 aliphatic heterocycles. The highest BCUT2D eigenvalue weighted by Crippen LogP contribution is 2.25. The molecule has 2 nitrogen and oxygen atoms in total. The first-order valence-corrected chi connectivity index (χ1v) is 8.29. The van der Waals surface area contributed by atoms with E-state index in [2.05, 4.69) is 52.9 Å². The van der Waals surface area contributed by atoms with Crippen LogP contribution in [0.5, 0.6) is 0 Å². The molecule has 0 fully saturated rings. The summed E-state index contributed by atoms with van der Waals surface area (Å²) >= 11 is 1.91. The van der Waals surface area contributed by atoms with Gasteiger partial charge in [0.15, 0.2) is 0 Å². The van der Waals surface area contributed by atoms with Crippen molar-refractivity contribution < 1.29 is 0 Å². The maximum absolute atomic E-state index is 3.39. The smallest absolute Gasteiger partial charge is 0.0248 e. The Kier molecular flexibility index (Phi) is 4.51. The van der Waals surface area contributed by atoms with Gasteiger partial charge in [0.05, 0.1) is 0 Å². The summed E-state index contributed by atoms with van der Waals surface area (Å²) in [6.07, 6.45) is 1.21. The Morgan fingerprint density at radius 1 is 1.25 bits per heavy atom. The van der Waals surface area contributed by atoms with Gasteiger partial charge >= 0.3 is 0 Å². The predicted molar refractivity (Wildman–Crippen MR) is 86.0 cm³/mol. The lowest BCUT2D eigenvalue weighted by Gasteiger charge is -2.27. The standard InChI is InChI=1S/C17H22N2S/c1-2-18-11-14-4-3-5-15(10-14)12-19-8-6-17-16(13-19)7-9-20-17/h3-5,7,9-10,18H,2,6,8,11-13H2,1H3. The van der Waals surface area contributed by atoms with Gasteiger partial charge in [-0.1, -0.05) is 31.2 Å². The van der Waals surface area contributed by atoms with E-state index in [0.717, 1.165) is 26.2 Å². The summed E-state index contributed by atoms with van der Waals surface area (Å²) in [5, 5.41) is 5.62. The molecule has 20 heavy (non-hydrogen) atoms. The predicted octanol–water partition coefficient (Wildman–Crippen LogP) is 3.42. The number of rotatable bonds is 5. The van der Waals surface area contributed by atoms with Crippen LogP contribution in [0.15, 0.2) is 35.7 Å². The number of hydrogen-bond donors (Lipinski definition) is 1. The first-order valence-electron chi connectivity index (χ1n) is 7.41. The van der Waals surface area contributed by atoms with Crippen LogP contribution in [0.1, 0.15) is 28.5 Å². The van der Waals surface area contributed by atoms with Crippen molar-refractivity contribution in [3.8, 4) is 0 Å². The lowest BCUT2D eigenvalue weighted by Crippen LogP contribution is -2.29. The van der Waals surface area contributed by atoms with Crippen molar-refractivity contribution in [1.82, 2.24) is 10.2 Å². The number of fused-ring (bicyclic) bond motifs is 1. The Morgan fingerprint density at radius 2 is 2.15 bits per heavy atom. The summed E-state index contributed by atoms with van der Waals surface area (Å²) in [6.45, 7) is 7.50. The third-order valence-electron chi connectivity index (χ3n) is 3.86. The SMILES string of the molecule is CCNCc1cccc(CN2CCc3sccc3C2)c1. The Hall–Kier alpha value is -1.16. The topological polar surface area (TPSA) is 15.3 Å². The first kappa shape index (κ1) is 13.8. The quantitative estimate of drug-likeness (QED) is 0.906. The Morgan fingerprint density at radius 3 is 3.05 bits per heavy atom. The van der Waals surface area contributed by atoms with Gasteiger partial charge in [-0.05, 0) is 41.1 Å². The van der Waals surface area contributed by atoms with Gasteiger partial charge in [0.1, 0.15) is 0 Å². The zero-order valence-corrected chi connectivity index (χ0v) is 12.9. The minimum absolute atomic E-state index is 0.971. The molecule has 0 saturated carbocycles. The summed E-state index contributed by atoms with van der Waals surface area (Å²) in [7, 11) is 0. The molecular weight excluding hydrogens is 264 g/mol. The number of benzene rings is 1. The highest BCUT2D eigenvalue weighted by atomic mass is 32.1. The molecule has 1 N–H and O–H groups in total. The van der Waals surface area contributed by atoms with E-state index in [-0.39, 0.29) is 0 Å². The fourth-order valence-corrected chi connectivity index (χ4v) is 3.70. The monoisotopic (exact) mass is 286 g/mol. The molecule has 1 aromatic heterocycles. The number of nitrogens with zero attached hydrogens (tertiary/aromatic N) is 1. The maximum atomic E-state index is 3.39. The third-order valence-corrected chi connectivity index (χ3v) is 4.89. The van der Waals surface area contributed by atoms with E-state index in [1.165, 1.54) is 29.7 Å². The average molecular weight is 286 g/mol. The fraction of sp³-hybridized carbons (Fsp3) is 0.412. The summed E-state index contributed by atoms with van der Waals surface area (Å²) in [6, 6.07) is 11.3. The van der Waals surface area contributed by atoms with Gasteiger partial charge in [-0.2, -0.15) is 0 Å². The molecule has 0 saturated heterocycles. The lowest BCUT2D eigenvalue weighted by atomic mass is 10.1. The highest BCUT2D eigenvalue weighted by Gasteiger charge is 2.17. The van der Waals surface area contributed by atoms with E-state index in [1.807, 2.05) is 11.3 Å². The number of hydrogen-bond acceptors (Lipinski definition) is 3. The van der Waals surface area contributed by atoms with Crippen molar-refractivity contribution in [2.75, 3.05) is 13.1 Å². The van der Waals surface area contributed by atoms with Crippen molar-refractivity contribution in [2.45, 2.75) is 33.0 Å². The summed E-state index contributed by atoms with van der Waals surface area (Å²) in [4.78, 5) is 4.14. The maximum Gasteiger partial charge on any atom is 0.0248 e. The third kappa shape index (κ3) is 3.29. The van der Waals surface area contributed by atoms with Gasteiger partial charge in [0.2, 0.25) is 0 Å². The molecule has 3 heteroatoms. The van der Waals surface area contributed by atoms with Crippen LogP contribution in [0.2, 0.25) is 0 Å². The van der Waals surface area contributed by atoms with Crippen molar-refractivity contribution in [3.05, 3.63) is 57.3 Å². The van der Waals surface area contributed by atoms with Crippen LogP contribution in [-0.4, -0.2) is 18.0 Å². The Labute approximate surface area is 125 Å². The second-order valence-electron chi connectivity index (χ2n) is 5.43. The van der Waals surface area contributed by atoms with Crippen LogP contribution in [0, 0.1) is 0 Å². The zero-order chi connectivity index (χ0) is 13.8. The molecule has 106 valence electrons. The van der Waals surface area contributed by atoms with Crippen LogP contribution >= 0.6 is 11.3 Å². The minimum Gasteiger partial charge on any atom is -0.313 e. The molecule has 0 atom stereocenters. The van der Waals surface area contributed by atoms with Crippen molar-refractivity contribution in [1.29, 1.82) is 0 Å². The van der Waals surface area contributed by atoms with Crippen molar-refractivity contribution in [2.24, 2.45) is 0 Å². The summed E-state index contributed by atoms with van der Waals surface area (Å²) in [5.74, 6) is 0. The van der Waals surface area contributed by atoms with E-state index in [1.54, 1.807) is 4.88 Å². The molecule has 1 aliphatic rings. The number of thiophene rings is 1. The first-order chi connectivity index (χ1) is 9.85. The van der Waals surface area contributed by atoms with E-state index < -0.39 is 0 Å². The molecule has 3 rings (SSSR count). The second kappa shape index (κ2) is 6.53. The van der Waals surface area contributed by atoms with Gasteiger partial charge in [0.25, 0.3) is 0 Å². The molecule has 0 amide bonds. The van der Waals surface area contributed by atoms with Crippen LogP contribution in [-0.2, 0) is 26.1 Å². The molecule has 0 spiro atoms. The highest BCUT2D eigenvalue weighted by molar-refractivity contribution is 7.10. The fourth-order valence-electron chi connectivity index (χ4n) is 2.81. The molecule has 2 aromatic rings. The van der Waals surface area contributed by atoms with Crippen LogP contribution in [0.25, 0.3) is 0 Å². The second-order valence-corrected chi connectivity index (χ2v) is 6.43. The molecule has 0 aliphatic carbocycles. The molecule has 1 aromatic carbocycles. The Bertz CT molecular complexity index is 562. The molecular formula is C17H22N2S. The van der Waals surface area contributed by atoms with Gasteiger partial charge in [-0.3, -0.25) is 4.90 Å². The van der Waals surface area contributed by atoms with Crippen LogP contribution in [0.3, 0.4) is 0 Å². The van der Waals surface area contributed by atoms with Crippen molar-refractivity contribution in [3.63, 3.8) is 0 Å². The molecule has 0 radical (unpaired) electrons. The number of nitrogens with one attached hydrogen (secondary N) is 1. The van der Waals surface area contributed by atoms with E-state index in [9.17, 15) is 0 Å². The van der Waals surface area contributed by atoms with Gasteiger partial charge in [0, 0.05) is 31.1 Å². The minimum atomic E-state index is 0.971. The molecule has 0 bridgehead atoms. The van der Waals surface area contributed by atoms with E-state index in [4.69, 9.17) is 0 Å². The van der Waals surface area contributed by atoms with Gasteiger partial charge in [-0.25, -0.2) is 0 Å². The van der Waals surface area contributed by atoms with Crippen LogP contribution < -0.4 is 5.32 Å². The molecule has 0 unspecified atom stereocenters. The summed E-state index contributed by atoms with van der Waals surface area (Å²) in [5.41, 5.74) is 4.35. The van der Waals surface area contributed by atoms with Gasteiger partial charge in [-0.15, -0.1) is 11.3 Å². The average Bonchev–Trinajstić information content (AvgIpc) is 2.93. The zero-order valence-electron chi connectivity index (χ0n) is 12.1. The normalized spacial score (nSPS) is 15.2. The van der Waals surface area contributed by atoms with E-state index >= 15 is 0 Å².